The highest BCUT2D eigenvalue weighted by Gasteiger charge is 2.22. The standard InChI is InChI=1S/C12H12ClNO3/c13-10-3-1-2-4-11(10)17-12(16)14-7-5-9(15)6-8-14/h1-4H,5-8H2. The van der Waals surface area contributed by atoms with E-state index in [1.165, 1.54) is 4.90 Å². The van der Waals surface area contributed by atoms with E-state index < -0.39 is 6.09 Å². The molecule has 5 heteroatoms. The molecule has 1 aliphatic rings. The summed E-state index contributed by atoms with van der Waals surface area (Å²) < 4.78 is 5.16. The first-order valence-electron chi connectivity index (χ1n) is 5.40. The quantitative estimate of drug-likeness (QED) is 0.773. The lowest BCUT2D eigenvalue weighted by atomic mass is 10.1. The Morgan fingerprint density at radius 3 is 2.53 bits per heavy atom. The van der Waals surface area contributed by atoms with Crippen molar-refractivity contribution < 1.29 is 14.3 Å². The van der Waals surface area contributed by atoms with Gasteiger partial charge in [-0.15, -0.1) is 0 Å². The van der Waals surface area contributed by atoms with Crippen LogP contribution in [0, 0.1) is 0 Å². The van der Waals surface area contributed by atoms with Crippen LogP contribution in [0.25, 0.3) is 0 Å². The zero-order chi connectivity index (χ0) is 12.3. The molecule has 0 bridgehead atoms. The fraction of sp³-hybridized carbons (Fsp3) is 0.333. The van der Waals surface area contributed by atoms with Gasteiger partial charge >= 0.3 is 6.09 Å². The molecule has 2 rings (SSSR count). The maximum absolute atomic E-state index is 11.8. The Morgan fingerprint density at radius 1 is 1.24 bits per heavy atom. The number of para-hydroxylation sites is 1. The molecule has 1 heterocycles. The van der Waals surface area contributed by atoms with Crippen LogP contribution < -0.4 is 4.74 Å². The number of likely N-dealkylation sites (tertiary alicyclic amines) is 1. The first kappa shape index (κ1) is 11.9. The zero-order valence-corrected chi connectivity index (χ0v) is 9.94. The monoisotopic (exact) mass is 253 g/mol. The number of rotatable bonds is 1. The molecule has 1 aromatic rings. The van der Waals surface area contributed by atoms with E-state index in [4.69, 9.17) is 16.3 Å². The molecule has 90 valence electrons. The molecular weight excluding hydrogens is 242 g/mol. The Labute approximate surface area is 104 Å². The number of hydrogen-bond acceptors (Lipinski definition) is 3. The average molecular weight is 254 g/mol. The van der Waals surface area contributed by atoms with Gasteiger partial charge in [0.05, 0.1) is 5.02 Å². The summed E-state index contributed by atoms with van der Waals surface area (Å²) >= 11 is 5.88. The van der Waals surface area contributed by atoms with Crippen LogP contribution in [0.3, 0.4) is 0 Å². The first-order valence-corrected chi connectivity index (χ1v) is 5.77. The number of Topliss-reactive ketones (excluding diaryl/α,β-unsaturated/α-hetero) is 1. The predicted molar refractivity (Wildman–Crippen MR) is 63.3 cm³/mol. The topological polar surface area (TPSA) is 46.6 Å². The second kappa shape index (κ2) is 5.19. The lowest BCUT2D eigenvalue weighted by Crippen LogP contribution is -2.40. The molecule has 1 saturated heterocycles. The molecule has 0 N–H and O–H groups in total. The Bertz CT molecular complexity index is 437. The van der Waals surface area contributed by atoms with Gasteiger partial charge in [0, 0.05) is 25.9 Å². The molecule has 1 amide bonds. The first-order chi connectivity index (χ1) is 8.16. The van der Waals surface area contributed by atoms with Crippen molar-refractivity contribution in [2.45, 2.75) is 12.8 Å². The lowest BCUT2D eigenvalue weighted by molar-refractivity contribution is -0.121. The number of nitrogens with zero attached hydrogens (tertiary/aromatic N) is 1. The largest absolute Gasteiger partial charge is 0.415 e. The van der Waals surface area contributed by atoms with E-state index in [-0.39, 0.29) is 5.78 Å². The Morgan fingerprint density at radius 2 is 1.88 bits per heavy atom. The van der Waals surface area contributed by atoms with Crippen LogP contribution in [0.1, 0.15) is 12.8 Å². The van der Waals surface area contributed by atoms with E-state index in [1.54, 1.807) is 24.3 Å². The smallest absolute Gasteiger partial charge is 0.409 e. The normalized spacial score (nSPS) is 15.8. The number of amides is 1. The minimum atomic E-state index is -0.453. The summed E-state index contributed by atoms with van der Waals surface area (Å²) in [4.78, 5) is 24.3. The maximum Gasteiger partial charge on any atom is 0.415 e. The van der Waals surface area contributed by atoms with Crippen LogP contribution in [0.15, 0.2) is 24.3 Å². The van der Waals surface area contributed by atoms with E-state index in [0.717, 1.165) is 0 Å². The van der Waals surface area contributed by atoms with Crippen LogP contribution in [0.5, 0.6) is 5.75 Å². The molecular formula is C12H12ClNO3. The highest BCUT2D eigenvalue weighted by Crippen LogP contribution is 2.24. The zero-order valence-electron chi connectivity index (χ0n) is 9.19. The summed E-state index contributed by atoms with van der Waals surface area (Å²) in [5.74, 6) is 0.530. The van der Waals surface area contributed by atoms with Gasteiger partial charge in [-0.05, 0) is 12.1 Å². The molecule has 0 aromatic heterocycles. The van der Waals surface area contributed by atoms with Crippen LogP contribution >= 0.6 is 11.6 Å². The second-order valence-electron chi connectivity index (χ2n) is 3.82. The molecule has 4 nitrogen and oxygen atoms in total. The lowest BCUT2D eigenvalue weighted by Gasteiger charge is -2.25. The highest BCUT2D eigenvalue weighted by atomic mass is 35.5. The van der Waals surface area contributed by atoms with Gasteiger partial charge in [-0.1, -0.05) is 23.7 Å². The van der Waals surface area contributed by atoms with Crippen molar-refractivity contribution >= 4 is 23.5 Å². The molecule has 1 aliphatic heterocycles. The third kappa shape index (κ3) is 2.97. The summed E-state index contributed by atoms with van der Waals surface area (Å²) in [5, 5.41) is 0.397. The minimum absolute atomic E-state index is 0.187. The molecule has 17 heavy (non-hydrogen) atoms. The molecule has 0 radical (unpaired) electrons. The number of piperidine rings is 1. The number of hydrogen-bond donors (Lipinski definition) is 0. The molecule has 0 atom stereocenters. The van der Waals surface area contributed by atoms with Crippen LogP contribution in [-0.4, -0.2) is 29.9 Å². The number of benzene rings is 1. The van der Waals surface area contributed by atoms with E-state index in [1.807, 2.05) is 0 Å². The van der Waals surface area contributed by atoms with E-state index >= 15 is 0 Å². The van der Waals surface area contributed by atoms with Crippen molar-refractivity contribution in [3.8, 4) is 5.75 Å². The summed E-state index contributed by atoms with van der Waals surface area (Å²) in [6.07, 6.45) is 0.348. The third-order valence-electron chi connectivity index (χ3n) is 2.61. The Balaban J connectivity index is 1.98. The molecule has 0 spiro atoms. The van der Waals surface area contributed by atoms with Gasteiger partial charge in [-0.3, -0.25) is 4.79 Å². The molecule has 1 aromatic carbocycles. The van der Waals surface area contributed by atoms with Crippen molar-refractivity contribution in [2.75, 3.05) is 13.1 Å². The van der Waals surface area contributed by atoms with Crippen molar-refractivity contribution in [1.82, 2.24) is 4.90 Å². The SMILES string of the molecule is O=C1CCN(C(=O)Oc2ccccc2Cl)CC1. The van der Waals surface area contributed by atoms with Gasteiger partial charge in [0.1, 0.15) is 5.78 Å². The summed E-state index contributed by atoms with van der Waals surface area (Å²) in [5.41, 5.74) is 0. The predicted octanol–water partition coefficient (Wildman–Crippen LogP) is 2.50. The maximum atomic E-state index is 11.8. The molecule has 0 unspecified atom stereocenters. The molecule has 0 aliphatic carbocycles. The fourth-order valence-electron chi connectivity index (χ4n) is 1.62. The average Bonchev–Trinajstić information content (AvgIpc) is 2.33. The van der Waals surface area contributed by atoms with Crippen molar-refractivity contribution in [1.29, 1.82) is 0 Å². The minimum Gasteiger partial charge on any atom is -0.409 e. The van der Waals surface area contributed by atoms with Gasteiger partial charge in [0.15, 0.2) is 5.75 Å². The van der Waals surface area contributed by atoms with E-state index in [0.29, 0.717) is 36.7 Å². The number of ketones is 1. The van der Waals surface area contributed by atoms with Crippen LogP contribution in [-0.2, 0) is 4.79 Å². The number of halogens is 1. The second-order valence-corrected chi connectivity index (χ2v) is 4.23. The van der Waals surface area contributed by atoms with Gasteiger partial charge in [0.25, 0.3) is 0 Å². The van der Waals surface area contributed by atoms with E-state index in [9.17, 15) is 9.59 Å². The third-order valence-corrected chi connectivity index (χ3v) is 2.93. The van der Waals surface area contributed by atoms with Gasteiger partial charge in [-0.2, -0.15) is 0 Å². The molecule has 0 saturated carbocycles. The highest BCUT2D eigenvalue weighted by molar-refractivity contribution is 6.32. The van der Waals surface area contributed by atoms with Crippen molar-refractivity contribution in [3.05, 3.63) is 29.3 Å². The summed E-state index contributed by atoms with van der Waals surface area (Å²) in [7, 11) is 0. The number of ether oxygens (including phenoxy) is 1. The van der Waals surface area contributed by atoms with Gasteiger partial charge in [0.2, 0.25) is 0 Å². The summed E-state index contributed by atoms with van der Waals surface area (Å²) in [6.45, 7) is 0.838. The van der Waals surface area contributed by atoms with E-state index in [2.05, 4.69) is 0 Å². The van der Waals surface area contributed by atoms with Crippen molar-refractivity contribution in [3.63, 3.8) is 0 Å². The van der Waals surface area contributed by atoms with Crippen LogP contribution in [0.2, 0.25) is 5.02 Å². The number of carbonyl (C=O) groups is 2. The van der Waals surface area contributed by atoms with Gasteiger partial charge in [-0.25, -0.2) is 4.79 Å². The Kier molecular flexibility index (Phi) is 3.64. The Hall–Kier alpha value is -1.55. The van der Waals surface area contributed by atoms with Crippen molar-refractivity contribution in [2.24, 2.45) is 0 Å². The van der Waals surface area contributed by atoms with Gasteiger partial charge < -0.3 is 9.64 Å². The van der Waals surface area contributed by atoms with Crippen LogP contribution in [0.4, 0.5) is 4.79 Å². The fourth-order valence-corrected chi connectivity index (χ4v) is 1.80. The molecule has 1 fully saturated rings. The number of carbonyl (C=O) groups excluding carboxylic acids is 2. The summed E-state index contributed by atoms with van der Waals surface area (Å²) in [6, 6.07) is 6.80.